The number of rotatable bonds is 5. The summed E-state index contributed by atoms with van der Waals surface area (Å²) in [5.74, 6) is 5.66. The lowest BCUT2D eigenvalue weighted by atomic mass is 10.2. The van der Waals surface area contributed by atoms with E-state index in [4.69, 9.17) is 4.42 Å². The van der Waals surface area contributed by atoms with Gasteiger partial charge in [0.25, 0.3) is 0 Å². The van der Waals surface area contributed by atoms with Crippen molar-refractivity contribution in [3.63, 3.8) is 0 Å². The molecule has 126 valence electrons. The van der Waals surface area contributed by atoms with Crippen molar-refractivity contribution in [1.82, 2.24) is 5.43 Å². The molecule has 0 fully saturated rings. The lowest BCUT2D eigenvalue weighted by Gasteiger charge is -2.15. The van der Waals surface area contributed by atoms with Gasteiger partial charge in [0.2, 0.25) is 0 Å². The predicted molar refractivity (Wildman–Crippen MR) is 86.8 cm³/mol. The third-order valence-electron chi connectivity index (χ3n) is 2.65. The highest BCUT2D eigenvalue weighted by molar-refractivity contribution is 7.98. The summed E-state index contributed by atoms with van der Waals surface area (Å²) in [5.41, 5.74) is 2.03. The molecule has 1 aromatic carbocycles. The van der Waals surface area contributed by atoms with Crippen LogP contribution in [0, 0.1) is 0 Å². The number of thioether (sulfide) groups is 1. The molecule has 1 aromatic heterocycles. The molecular formula is C15H18F3N3OS. The van der Waals surface area contributed by atoms with E-state index in [0.717, 1.165) is 17.8 Å². The zero-order valence-electron chi connectivity index (χ0n) is 12.5. The van der Waals surface area contributed by atoms with Crippen LogP contribution < -0.4 is 16.6 Å². The minimum Gasteiger partial charge on any atom is -0.468 e. The number of furan rings is 1. The van der Waals surface area contributed by atoms with E-state index in [0.29, 0.717) is 17.2 Å². The summed E-state index contributed by atoms with van der Waals surface area (Å²) in [6.07, 6.45) is -1.46. The molecule has 0 saturated heterocycles. The molecule has 1 heterocycles. The van der Waals surface area contributed by atoms with Crippen molar-refractivity contribution >= 4 is 17.4 Å². The Balaban J connectivity index is 0.000000593. The van der Waals surface area contributed by atoms with Gasteiger partial charge in [-0.2, -0.15) is 13.2 Å². The standard InChI is InChI=1S/C13H12F3NOS.C2H6N2/c1-17-11-6-2-5-10(13(14,15)16)12(11)19-8-9-4-3-7-18-9;1-2-4-3/h2-7,17H,8H2,1H3;2,4H,1,3H2. The molecule has 0 spiro atoms. The second-order valence-electron chi connectivity index (χ2n) is 4.17. The van der Waals surface area contributed by atoms with Crippen LogP contribution in [0.4, 0.5) is 18.9 Å². The van der Waals surface area contributed by atoms with Gasteiger partial charge in [-0.1, -0.05) is 12.6 Å². The van der Waals surface area contributed by atoms with E-state index in [-0.39, 0.29) is 4.90 Å². The van der Waals surface area contributed by atoms with Crippen molar-refractivity contribution in [3.05, 3.63) is 60.7 Å². The van der Waals surface area contributed by atoms with Crippen molar-refractivity contribution in [2.75, 3.05) is 12.4 Å². The van der Waals surface area contributed by atoms with Crippen LogP contribution in [0.3, 0.4) is 0 Å². The fraction of sp³-hybridized carbons (Fsp3) is 0.200. The maximum Gasteiger partial charge on any atom is 0.417 e. The summed E-state index contributed by atoms with van der Waals surface area (Å²) < 4.78 is 44.0. The van der Waals surface area contributed by atoms with Crippen molar-refractivity contribution in [2.45, 2.75) is 16.8 Å². The van der Waals surface area contributed by atoms with Crippen LogP contribution in [0.5, 0.6) is 0 Å². The normalized spacial score (nSPS) is 10.5. The molecule has 0 saturated carbocycles. The summed E-state index contributed by atoms with van der Waals surface area (Å²) in [6, 6.07) is 7.56. The maximum absolute atomic E-state index is 13.0. The highest BCUT2D eigenvalue weighted by atomic mass is 32.2. The molecule has 0 aliphatic carbocycles. The molecular weight excluding hydrogens is 327 g/mol. The Hall–Kier alpha value is -2.06. The van der Waals surface area contributed by atoms with Gasteiger partial charge in [-0.15, -0.1) is 11.8 Å². The van der Waals surface area contributed by atoms with Crippen LogP contribution >= 0.6 is 11.8 Å². The van der Waals surface area contributed by atoms with Crippen LogP contribution in [0.2, 0.25) is 0 Å². The lowest BCUT2D eigenvalue weighted by molar-refractivity contribution is -0.139. The van der Waals surface area contributed by atoms with Crippen molar-refractivity contribution in [1.29, 1.82) is 0 Å². The Bertz CT molecular complexity index is 601. The number of hydrogen-bond donors (Lipinski definition) is 3. The van der Waals surface area contributed by atoms with Crippen LogP contribution in [-0.2, 0) is 11.9 Å². The highest BCUT2D eigenvalue weighted by Gasteiger charge is 2.34. The van der Waals surface area contributed by atoms with Crippen LogP contribution in [0.15, 0.2) is 58.7 Å². The molecule has 8 heteroatoms. The lowest BCUT2D eigenvalue weighted by Crippen LogP contribution is -2.11. The number of benzene rings is 1. The largest absolute Gasteiger partial charge is 0.468 e. The number of anilines is 1. The summed E-state index contributed by atoms with van der Waals surface area (Å²) in [6.45, 7) is 3.24. The molecule has 0 aliphatic rings. The highest BCUT2D eigenvalue weighted by Crippen LogP contribution is 2.41. The van der Waals surface area contributed by atoms with Crippen molar-refractivity contribution < 1.29 is 17.6 Å². The van der Waals surface area contributed by atoms with E-state index >= 15 is 0 Å². The average molecular weight is 345 g/mol. The van der Waals surface area contributed by atoms with E-state index in [1.165, 1.54) is 18.5 Å². The quantitative estimate of drug-likeness (QED) is 0.430. The number of nitrogens with one attached hydrogen (secondary N) is 2. The molecule has 2 aromatic rings. The van der Waals surface area contributed by atoms with Gasteiger partial charge in [0.05, 0.1) is 17.6 Å². The Labute approximate surface area is 136 Å². The first kappa shape index (κ1) is 19.0. The third-order valence-corrected chi connectivity index (χ3v) is 3.80. The van der Waals surface area contributed by atoms with Gasteiger partial charge in [0.1, 0.15) is 5.76 Å². The molecule has 2 rings (SSSR count). The monoisotopic (exact) mass is 345 g/mol. The molecule has 4 N–H and O–H groups in total. The van der Waals surface area contributed by atoms with E-state index < -0.39 is 11.7 Å². The fourth-order valence-electron chi connectivity index (χ4n) is 1.65. The molecule has 4 nitrogen and oxygen atoms in total. The Morgan fingerprint density at radius 1 is 1.30 bits per heavy atom. The minimum absolute atomic E-state index is 0.189. The SMILES string of the molecule is C=CNN.CNc1cccc(C(F)(F)F)c1SCc1ccco1. The topological polar surface area (TPSA) is 63.2 Å². The van der Waals surface area contributed by atoms with Gasteiger partial charge in [-0.05, 0) is 24.3 Å². The van der Waals surface area contributed by atoms with Crippen LogP contribution in [0.1, 0.15) is 11.3 Å². The first-order chi connectivity index (χ1) is 10.9. The first-order valence-corrected chi connectivity index (χ1v) is 7.52. The van der Waals surface area contributed by atoms with Gasteiger partial charge in [-0.25, -0.2) is 0 Å². The maximum atomic E-state index is 13.0. The number of hydrazine groups is 1. The van der Waals surface area contributed by atoms with E-state index in [1.807, 2.05) is 0 Å². The van der Waals surface area contributed by atoms with Gasteiger partial charge in [0.15, 0.2) is 0 Å². The van der Waals surface area contributed by atoms with Crippen LogP contribution in [0.25, 0.3) is 0 Å². The van der Waals surface area contributed by atoms with Gasteiger partial charge < -0.3 is 15.2 Å². The summed E-state index contributed by atoms with van der Waals surface area (Å²) in [7, 11) is 1.60. The van der Waals surface area contributed by atoms with Gasteiger partial charge >= 0.3 is 6.18 Å². The van der Waals surface area contributed by atoms with Crippen LogP contribution in [-0.4, -0.2) is 7.05 Å². The summed E-state index contributed by atoms with van der Waals surface area (Å²) in [4.78, 5) is 0.189. The Morgan fingerprint density at radius 2 is 2.00 bits per heavy atom. The number of alkyl halides is 3. The molecule has 23 heavy (non-hydrogen) atoms. The molecule has 0 aliphatic heterocycles. The number of nitrogens with two attached hydrogens (primary N) is 1. The number of halogens is 3. The van der Waals surface area contributed by atoms with Gasteiger partial charge in [0, 0.05) is 23.8 Å². The number of hydrogen-bond acceptors (Lipinski definition) is 5. The molecule has 0 unspecified atom stereocenters. The minimum atomic E-state index is -4.36. The molecule has 0 radical (unpaired) electrons. The Morgan fingerprint density at radius 3 is 2.48 bits per heavy atom. The molecule has 0 amide bonds. The van der Waals surface area contributed by atoms with Gasteiger partial charge in [-0.3, -0.25) is 5.84 Å². The van der Waals surface area contributed by atoms with Crippen molar-refractivity contribution in [2.24, 2.45) is 5.84 Å². The second-order valence-corrected chi connectivity index (χ2v) is 5.15. The fourth-order valence-corrected chi connectivity index (χ4v) is 2.77. The zero-order chi connectivity index (χ0) is 17.3. The smallest absolute Gasteiger partial charge is 0.417 e. The van der Waals surface area contributed by atoms with E-state index in [1.54, 1.807) is 25.2 Å². The van der Waals surface area contributed by atoms with Crippen molar-refractivity contribution in [3.8, 4) is 0 Å². The van der Waals surface area contributed by atoms with E-state index in [9.17, 15) is 13.2 Å². The predicted octanol–water partition coefficient (Wildman–Crippen LogP) is 4.23. The Kier molecular flexibility index (Phi) is 7.56. The summed E-state index contributed by atoms with van der Waals surface area (Å²) in [5, 5.41) is 2.79. The zero-order valence-corrected chi connectivity index (χ0v) is 13.3. The first-order valence-electron chi connectivity index (χ1n) is 6.54. The average Bonchev–Trinajstić information content (AvgIpc) is 3.05. The van der Waals surface area contributed by atoms with E-state index in [2.05, 4.69) is 23.2 Å². The summed E-state index contributed by atoms with van der Waals surface area (Å²) >= 11 is 1.11. The third kappa shape index (κ3) is 5.91. The second kappa shape index (κ2) is 9.16. The molecule has 0 bridgehead atoms. The molecule has 0 atom stereocenters.